The standard InChI is InChI=1S/C78H153NO5/c1-3-5-7-9-11-13-15-17-18-19-20-21-22-29-32-35-38-41-44-47-50-54-58-62-66-70-76(81)75(74-80)79-77(82)71-67-63-59-55-51-48-45-42-39-36-33-30-27-25-23-24-26-28-31-34-37-40-43-46-49-53-57-61-65-69-73-84-78(83)72-68-64-60-56-52-16-14-12-10-8-6-4-2/h66,70,75-76,80-81H,3-65,67-69,71-74H2,1-2H3,(H,79,82)/b70-66+. The van der Waals surface area contributed by atoms with Crippen LogP contribution >= 0.6 is 0 Å². The lowest BCUT2D eigenvalue weighted by Crippen LogP contribution is -2.45. The van der Waals surface area contributed by atoms with Gasteiger partial charge in [0.1, 0.15) is 0 Å². The monoisotopic (exact) mass is 1180 g/mol. The highest BCUT2D eigenvalue weighted by Gasteiger charge is 2.18. The minimum absolute atomic E-state index is 0.0217. The van der Waals surface area contributed by atoms with Crippen molar-refractivity contribution in [1.82, 2.24) is 5.32 Å². The largest absolute Gasteiger partial charge is 0.466 e. The lowest BCUT2D eigenvalue weighted by Gasteiger charge is -2.20. The molecule has 0 aromatic carbocycles. The Morgan fingerprint density at radius 3 is 0.810 bits per heavy atom. The molecule has 1 amide bonds. The molecule has 0 bridgehead atoms. The van der Waals surface area contributed by atoms with E-state index in [0.29, 0.717) is 19.4 Å². The van der Waals surface area contributed by atoms with Crippen molar-refractivity contribution in [2.45, 2.75) is 463 Å². The number of rotatable bonds is 74. The molecule has 3 N–H and O–H groups in total. The van der Waals surface area contributed by atoms with Gasteiger partial charge in [0, 0.05) is 12.8 Å². The number of hydrogen-bond donors (Lipinski definition) is 3. The quantitative estimate of drug-likeness (QED) is 0.0320. The van der Waals surface area contributed by atoms with Gasteiger partial charge >= 0.3 is 5.97 Å². The van der Waals surface area contributed by atoms with Crippen LogP contribution in [0, 0.1) is 0 Å². The summed E-state index contributed by atoms with van der Waals surface area (Å²) in [6.07, 6.45) is 93.3. The van der Waals surface area contributed by atoms with Crippen molar-refractivity contribution in [3.63, 3.8) is 0 Å². The van der Waals surface area contributed by atoms with E-state index < -0.39 is 12.1 Å². The number of aliphatic hydroxyl groups is 2. The normalized spacial score (nSPS) is 12.5. The Kier molecular flexibility index (Phi) is 72.8. The van der Waals surface area contributed by atoms with Gasteiger partial charge in [-0.2, -0.15) is 0 Å². The molecule has 0 aromatic heterocycles. The summed E-state index contributed by atoms with van der Waals surface area (Å²) in [6.45, 7) is 4.96. The van der Waals surface area contributed by atoms with Crippen LogP contribution in [0.1, 0.15) is 450 Å². The Morgan fingerprint density at radius 2 is 0.548 bits per heavy atom. The number of unbranched alkanes of at least 4 members (excludes halogenated alkanes) is 63. The van der Waals surface area contributed by atoms with E-state index in [1.54, 1.807) is 6.08 Å². The van der Waals surface area contributed by atoms with Crippen molar-refractivity contribution < 1.29 is 24.5 Å². The molecular weight excluding hydrogens is 1030 g/mol. The first-order valence-electron chi connectivity index (χ1n) is 39.0. The van der Waals surface area contributed by atoms with E-state index in [0.717, 1.165) is 38.5 Å². The summed E-state index contributed by atoms with van der Waals surface area (Å²) in [5.41, 5.74) is 0. The number of esters is 1. The summed E-state index contributed by atoms with van der Waals surface area (Å²) in [4.78, 5) is 24.6. The Hall–Kier alpha value is -1.40. The molecule has 6 heteroatoms. The molecule has 0 radical (unpaired) electrons. The van der Waals surface area contributed by atoms with Crippen LogP contribution in [0.15, 0.2) is 12.2 Å². The van der Waals surface area contributed by atoms with Crippen molar-refractivity contribution in [2.75, 3.05) is 13.2 Å². The lowest BCUT2D eigenvalue weighted by molar-refractivity contribution is -0.143. The molecule has 84 heavy (non-hydrogen) atoms. The molecule has 0 saturated heterocycles. The predicted molar refractivity (Wildman–Crippen MR) is 370 cm³/mol. The second-order valence-corrected chi connectivity index (χ2v) is 27.1. The summed E-state index contributed by atoms with van der Waals surface area (Å²) in [5.74, 6) is -0.0366. The minimum Gasteiger partial charge on any atom is -0.466 e. The molecule has 0 heterocycles. The van der Waals surface area contributed by atoms with Gasteiger partial charge < -0.3 is 20.3 Å². The fourth-order valence-electron chi connectivity index (χ4n) is 12.6. The fraction of sp³-hybridized carbons (Fsp3) is 0.949. The van der Waals surface area contributed by atoms with Gasteiger partial charge in [0.05, 0.1) is 25.4 Å². The molecule has 2 atom stereocenters. The van der Waals surface area contributed by atoms with E-state index in [4.69, 9.17) is 4.74 Å². The van der Waals surface area contributed by atoms with Gasteiger partial charge in [-0.05, 0) is 32.1 Å². The second kappa shape index (κ2) is 74.1. The molecule has 0 saturated carbocycles. The van der Waals surface area contributed by atoms with Crippen molar-refractivity contribution in [2.24, 2.45) is 0 Å². The molecule has 2 unspecified atom stereocenters. The number of aliphatic hydroxyl groups excluding tert-OH is 2. The first-order chi connectivity index (χ1) is 41.5. The van der Waals surface area contributed by atoms with Crippen molar-refractivity contribution in [3.05, 3.63) is 12.2 Å². The van der Waals surface area contributed by atoms with Gasteiger partial charge in [-0.15, -0.1) is 0 Å². The van der Waals surface area contributed by atoms with Crippen LogP contribution in [0.25, 0.3) is 0 Å². The zero-order valence-corrected chi connectivity index (χ0v) is 57.4. The Labute approximate surface area is 527 Å². The molecule has 0 spiro atoms. The van der Waals surface area contributed by atoms with E-state index >= 15 is 0 Å². The van der Waals surface area contributed by atoms with Crippen LogP contribution in [0.5, 0.6) is 0 Å². The van der Waals surface area contributed by atoms with E-state index in [1.165, 1.54) is 385 Å². The zero-order chi connectivity index (χ0) is 60.6. The van der Waals surface area contributed by atoms with Gasteiger partial charge in [0.2, 0.25) is 5.91 Å². The number of ether oxygens (including phenoxy) is 1. The van der Waals surface area contributed by atoms with Crippen molar-refractivity contribution in [3.8, 4) is 0 Å². The highest BCUT2D eigenvalue weighted by atomic mass is 16.5. The number of hydrogen-bond acceptors (Lipinski definition) is 5. The summed E-state index contributed by atoms with van der Waals surface area (Å²) in [5, 5.41) is 23.3. The maximum Gasteiger partial charge on any atom is 0.305 e. The van der Waals surface area contributed by atoms with Gasteiger partial charge in [0.25, 0.3) is 0 Å². The van der Waals surface area contributed by atoms with E-state index in [2.05, 4.69) is 19.2 Å². The highest BCUT2D eigenvalue weighted by Crippen LogP contribution is 2.20. The van der Waals surface area contributed by atoms with Crippen molar-refractivity contribution in [1.29, 1.82) is 0 Å². The molecule has 6 nitrogen and oxygen atoms in total. The van der Waals surface area contributed by atoms with E-state index in [9.17, 15) is 19.8 Å². The van der Waals surface area contributed by atoms with Crippen LogP contribution in [-0.4, -0.2) is 47.4 Å². The van der Waals surface area contributed by atoms with Gasteiger partial charge in [-0.25, -0.2) is 0 Å². The highest BCUT2D eigenvalue weighted by molar-refractivity contribution is 5.76. The van der Waals surface area contributed by atoms with Crippen LogP contribution in [-0.2, 0) is 14.3 Å². The van der Waals surface area contributed by atoms with Crippen LogP contribution in [0.4, 0.5) is 0 Å². The third kappa shape index (κ3) is 69.7. The first-order valence-corrected chi connectivity index (χ1v) is 39.0. The number of nitrogens with one attached hydrogen (secondary N) is 1. The zero-order valence-electron chi connectivity index (χ0n) is 57.4. The third-order valence-electron chi connectivity index (χ3n) is 18.6. The number of amides is 1. The first kappa shape index (κ1) is 82.6. The maximum absolute atomic E-state index is 12.6. The topological polar surface area (TPSA) is 95.9 Å². The van der Waals surface area contributed by atoms with Crippen LogP contribution in [0.2, 0.25) is 0 Å². The van der Waals surface area contributed by atoms with Gasteiger partial charge in [-0.1, -0.05) is 418 Å². The molecule has 0 aliphatic rings. The molecule has 0 fully saturated rings. The van der Waals surface area contributed by atoms with Gasteiger partial charge in [-0.3, -0.25) is 9.59 Å². The molecule has 0 aliphatic heterocycles. The summed E-state index contributed by atoms with van der Waals surface area (Å²) >= 11 is 0. The second-order valence-electron chi connectivity index (χ2n) is 27.1. The minimum atomic E-state index is -0.843. The number of carbonyl (C=O) groups excluding carboxylic acids is 2. The molecule has 0 aliphatic carbocycles. The van der Waals surface area contributed by atoms with Crippen LogP contribution in [0.3, 0.4) is 0 Å². The van der Waals surface area contributed by atoms with E-state index in [1.807, 2.05) is 6.08 Å². The van der Waals surface area contributed by atoms with Crippen molar-refractivity contribution >= 4 is 11.9 Å². The molecule has 0 rings (SSSR count). The van der Waals surface area contributed by atoms with Gasteiger partial charge in [0.15, 0.2) is 0 Å². The Bertz CT molecular complexity index is 1270. The summed E-state index contributed by atoms with van der Waals surface area (Å²) in [7, 11) is 0. The smallest absolute Gasteiger partial charge is 0.305 e. The van der Waals surface area contributed by atoms with Crippen LogP contribution < -0.4 is 5.32 Å². The lowest BCUT2D eigenvalue weighted by atomic mass is 10.0. The molecule has 500 valence electrons. The molecule has 0 aromatic rings. The van der Waals surface area contributed by atoms with E-state index in [-0.39, 0.29) is 18.5 Å². The summed E-state index contributed by atoms with van der Waals surface area (Å²) in [6, 6.07) is -0.626. The Morgan fingerprint density at radius 1 is 0.321 bits per heavy atom. The average molecular weight is 1190 g/mol. The third-order valence-corrected chi connectivity index (χ3v) is 18.6. The Balaban J connectivity index is 3.36. The average Bonchev–Trinajstić information content (AvgIpc) is 3.50. The molecular formula is C78H153NO5. The SMILES string of the molecule is CCCCCCCCCCCCCCCCCCCCCCCCC/C=C/C(O)C(CO)NC(=O)CCCCCCCCCCCCCCCCCCCCCCCCCCCCCCCCOC(=O)CCCCCCCCCCCCCC. The number of allylic oxidation sites excluding steroid dienone is 1. The maximum atomic E-state index is 12.6. The fourth-order valence-corrected chi connectivity index (χ4v) is 12.6. The summed E-state index contributed by atoms with van der Waals surface area (Å²) < 4.78 is 5.49. The predicted octanol–water partition coefficient (Wildman–Crippen LogP) is 25.5. The number of carbonyl (C=O) groups is 2.